The van der Waals surface area contributed by atoms with Crippen molar-refractivity contribution in [1.29, 1.82) is 5.26 Å². The van der Waals surface area contributed by atoms with Gasteiger partial charge in [-0.25, -0.2) is 4.98 Å². The van der Waals surface area contributed by atoms with E-state index >= 15 is 0 Å². The molecule has 2 aromatic heterocycles. The van der Waals surface area contributed by atoms with Crippen molar-refractivity contribution in [3.05, 3.63) is 57.6 Å². The fourth-order valence-electron chi connectivity index (χ4n) is 4.19. The highest BCUT2D eigenvalue weighted by Crippen LogP contribution is 2.29. The summed E-state index contributed by atoms with van der Waals surface area (Å²) in [7, 11) is 0. The van der Waals surface area contributed by atoms with Crippen molar-refractivity contribution in [1.82, 2.24) is 19.4 Å². The SMILES string of the molecule is CCc1cccc(C(=O)Cn2cnc3c(C#N)c(N4CCNCC4)n(CC)c3c2=O)c1. The minimum Gasteiger partial charge on any atom is -0.354 e. The average Bonchev–Trinajstić information content (AvgIpc) is 3.15. The van der Waals surface area contributed by atoms with Crippen molar-refractivity contribution < 1.29 is 4.79 Å². The quantitative estimate of drug-likeness (QED) is 0.615. The first-order chi connectivity index (χ1) is 15.1. The normalized spacial score (nSPS) is 14.0. The zero-order valence-corrected chi connectivity index (χ0v) is 17.9. The smallest absolute Gasteiger partial charge is 0.278 e. The first-order valence-electron chi connectivity index (χ1n) is 10.7. The molecule has 3 heterocycles. The monoisotopic (exact) mass is 418 g/mol. The Morgan fingerprint density at radius 3 is 2.71 bits per heavy atom. The van der Waals surface area contributed by atoms with Crippen molar-refractivity contribution >= 4 is 22.6 Å². The number of carbonyl (C=O) groups is 1. The maximum absolute atomic E-state index is 13.4. The summed E-state index contributed by atoms with van der Waals surface area (Å²) in [6.07, 6.45) is 2.22. The number of nitrogens with zero attached hydrogens (tertiary/aromatic N) is 5. The van der Waals surface area contributed by atoms with Gasteiger partial charge in [0.25, 0.3) is 5.56 Å². The topological polar surface area (TPSA) is 95.9 Å². The lowest BCUT2D eigenvalue weighted by Crippen LogP contribution is -2.44. The molecule has 8 nitrogen and oxygen atoms in total. The summed E-state index contributed by atoms with van der Waals surface area (Å²) in [5.41, 5.74) is 2.56. The molecule has 0 unspecified atom stereocenters. The molecule has 31 heavy (non-hydrogen) atoms. The Morgan fingerprint density at radius 2 is 2.03 bits per heavy atom. The van der Waals surface area contributed by atoms with Crippen molar-refractivity contribution in [3.63, 3.8) is 0 Å². The molecule has 0 bridgehead atoms. The van der Waals surface area contributed by atoms with Crippen molar-refractivity contribution in [3.8, 4) is 6.07 Å². The molecule has 0 saturated carbocycles. The summed E-state index contributed by atoms with van der Waals surface area (Å²) in [5.74, 6) is 0.599. The van der Waals surface area contributed by atoms with E-state index in [1.807, 2.05) is 36.6 Å². The number of nitrogens with one attached hydrogen (secondary N) is 1. The summed E-state index contributed by atoms with van der Waals surface area (Å²) in [4.78, 5) is 32.8. The maximum atomic E-state index is 13.4. The number of hydrogen-bond donors (Lipinski definition) is 1. The average molecular weight is 419 g/mol. The van der Waals surface area contributed by atoms with Crippen molar-refractivity contribution in [2.45, 2.75) is 33.4 Å². The molecule has 3 aromatic rings. The highest BCUT2D eigenvalue weighted by molar-refractivity contribution is 5.96. The van der Waals surface area contributed by atoms with Crippen LogP contribution in [0.4, 0.5) is 5.82 Å². The molecule has 1 aromatic carbocycles. The number of rotatable bonds is 6. The molecular formula is C23H26N6O2. The minimum atomic E-state index is -0.301. The van der Waals surface area contributed by atoms with Gasteiger partial charge in [-0.3, -0.25) is 14.2 Å². The zero-order chi connectivity index (χ0) is 22.0. The fraction of sp³-hybridized carbons (Fsp3) is 0.391. The number of anilines is 1. The molecule has 0 amide bonds. The van der Waals surface area contributed by atoms with E-state index in [-0.39, 0.29) is 17.9 Å². The van der Waals surface area contributed by atoms with Crippen molar-refractivity contribution in [2.75, 3.05) is 31.1 Å². The fourth-order valence-corrected chi connectivity index (χ4v) is 4.19. The molecule has 0 atom stereocenters. The van der Waals surface area contributed by atoms with Gasteiger partial charge in [0, 0.05) is 38.3 Å². The first-order valence-corrected chi connectivity index (χ1v) is 10.7. The highest BCUT2D eigenvalue weighted by Gasteiger charge is 2.26. The molecule has 1 aliphatic heterocycles. The molecule has 1 N–H and O–H groups in total. The van der Waals surface area contributed by atoms with Crippen LogP contribution in [0.5, 0.6) is 0 Å². The van der Waals surface area contributed by atoms with Crippen LogP contribution in [0.2, 0.25) is 0 Å². The van der Waals surface area contributed by atoms with Gasteiger partial charge in [0.05, 0.1) is 12.9 Å². The standard InChI is InChI=1S/C23H26N6O2/c1-3-16-6-5-7-17(12-16)19(30)14-28-15-26-20-18(13-24)22(27-10-8-25-9-11-27)29(4-2)21(20)23(28)31/h5-7,12,15,25H,3-4,8-11,14H2,1-2H3. The van der Waals surface area contributed by atoms with Gasteiger partial charge in [0.1, 0.15) is 28.5 Å². The third kappa shape index (κ3) is 3.73. The number of piperazine rings is 1. The van der Waals surface area contributed by atoms with Gasteiger partial charge in [0.2, 0.25) is 0 Å². The minimum absolute atomic E-state index is 0.0886. The Morgan fingerprint density at radius 1 is 1.26 bits per heavy atom. The second kappa shape index (κ2) is 8.74. The summed E-state index contributed by atoms with van der Waals surface area (Å²) in [5, 5.41) is 13.2. The lowest BCUT2D eigenvalue weighted by molar-refractivity contribution is 0.0970. The van der Waals surface area contributed by atoms with Crippen LogP contribution in [0.25, 0.3) is 11.0 Å². The van der Waals surface area contributed by atoms with Gasteiger partial charge in [-0.2, -0.15) is 5.26 Å². The van der Waals surface area contributed by atoms with Gasteiger partial charge in [-0.1, -0.05) is 25.1 Å². The van der Waals surface area contributed by atoms with Gasteiger partial charge in [0.15, 0.2) is 5.78 Å². The summed E-state index contributed by atoms with van der Waals surface area (Å²) < 4.78 is 3.21. The molecule has 0 radical (unpaired) electrons. The number of aromatic nitrogens is 3. The second-order valence-electron chi connectivity index (χ2n) is 7.64. The van der Waals surface area contributed by atoms with Crippen LogP contribution in [0.15, 0.2) is 35.4 Å². The van der Waals surface area contributed by atoms with Gasteiger partial charge in [-0.05, 0) is 25.0 Å². The molecule has 1 fully saturated rings. The Bertz CT molecular complexity index is 1230. The van der Waals surface area contributed by atoms with E-state index in [0.29, 0.717) is 28.7 Å². The maximum Gasteiger partial charge on any atom is 0.278 e. The largest absolute Gasteiger partial charge is 0.354 e. The van der Waals surface area contributed by atoms with Gasteiger partial charge < -0.3 is 14.8 Å². The third-order valence-corrected chi connectivity index (χ3v) is 5.82. The van der Waals surface area contributed by atoms with Crippen LogP contribution in [-0.4, -0.2) is 46.1 Å². The molecule has 160 valence electrons. The van der Waals surface area contributed by atoms with Crippen LogP contribution in [-0.2, 0) is 19.5 Å². The Hall–Kier alpha value is -3.44. The number of benzene rings is 1. The molecule has 0 aliphatic carbocycles. The lowest BCUT2D eigenvalue weighted by atomic mass is 10.1. The summed E-state index contributed by atoms with van der Waals surface area (Å²) in [6.45, 7) is 7.58. The van der Waals surface area contributed by atoms with Crippen LogP contribution in [0.3, 0.4) is 0 Å². The number of carbonyl (C=O) groups excluding carboxylic acids is 1. The van der Waals surface area contributed by atoms with Crippen LogP contribution in [0, 0.1) is 11.3 Å². The third-order valence-electron chi connectivity index (χ3n) is 5.82. The first kappa shape index (κ1) is 20.8. The van der Waals surface area contributed by atoms with E-state index in [9.17, 15) is 14.9 Å². The van der Waals surface area contributed by atoms with Gasteiger partial charge >= 0.3 is 0 Å². The highest BCUT2D eigenvalue weighted by atomic mass is 16.1. The predicted octanol–water partition coefficient (Wildman–Crippen LogP) is 1.94. The molecule has 4 rings (SSSR count). The molecular weight excluding hydrogens is 392 g/mol. The van der Waals surface area contributed by atoms with E-state index in [1.54, 1.807) is 6.07 Å². The summed E-state index contributed by atoms with van der Waals surface area (Å²) >= 11 is 0. The number of ketones is 1. The second-order valence-corrected chi connectivity index (χ2v) is 7.64. The molecule has 0 spiro atoms. The van der Waals surface area contributed by atoms with E-state index < -0.39 is 0 Å². The van der Waals surface area contributed by atoms with E-state index in [2.05, 4.69) is 21.3 Å². The van der Waals surface area contributed by atoms with E-state index in [0.717, 1.165) is 44.0 Å². The number of fused-ring (bicyclic) bond motifs is 1. The Balaban J connectivity index is 1.79. The van der Waals surface area contributed by atoms with E-state index in [4.69, 9.17) is 0 Å². The molecule has 1 aliphatic rings. The lowest BCUT2D eigenvalue weighted by Gasteiger charge is -2.30. The number of aryl methyl sites for hydroxylation is 2. The number of hydrogen-bond acceptors (Lipinski definition) is 6. The Kier molecular flexibility index (Phi) is 5.87. The molecule has 1 saturated heterocycles. The summed E-state index contributed by atoms with van der Waals surface area (Å²) in [6, 6.07) is 9.73. The van der Waals surface area contributed by atoms with Crippen LogP contribution >= 0.6 is 0 Å². The Labute approximate surface area is 180 Å². The van der Waals surface area contributed by atoms with Gasteiger partial charge in [-0.15, -0.1) is 0 Å². The van der Waals surface area contributed by atoms with E-state index in [1.165, 1.54) is 10.9 Å². The van der Waals surface area contributed by atoms with Crippen LogP contribution < -0.4 is 15.8 Å². The van der Waals surface area contributed by atoms with Crippen LogP contribution in [0.1, 0.15) is 35.3 Å². The number of nitriles is 1. The molecule has 8 heteroatoms. The van der Waals surface area contributed by atoms with Crippen molar-refractivity contribution in [2.24, 2.45) is 0 Å². The predicted molar refractivity (Wildman–Crippen MR) is 120 cm³/mol. The zero-order valence-electron chi connectivity index (χ0n) is 17.9. The number of Topliss-reactive ketones (excluding diaryl/α,β-unsaturated/α-hetero) is 1.